The lowest BCUT2D eigenvalue weighted by Crippen LogP contribution is -2.42. The Bertz CT molecular complexity index is 1070. The Morgan fingerprint density at radius 2 is 1.79 bits per heavy atom. The van der Waals surface area contributed by atoms with E-state index in [0.717, 1.165) is 11.6 Å². The summed E-state index contributed by atoms with van der Waals surface area (Å²) >= 11 is 10.8. The second-order valence-electron chi connectivity index (χ2n) is 7.47. The van der Waals surface area contributed by atoms with Crippen molar-refractivity contribution in [3.05, 3.63) is 69.7 Å². The maximum Gasteiger partial charge on any atom is 0.435 e. The lowest BCUT2D eigenvalue weighted by Gasteiger charge is -2.30. The molecule has 178 valence electrons. The molecule has 33 heavy (non-hydrogen) atoms. The molecule has 1 aliphatic heterocycles. The van der Waals surface area contributed by atoms with Crippen LogP contribution in [0.1, 0.15) is 28.7 Å². The van der Waals surface area contributed by atoms with E-state index >= 15 is 0 Å². The number of thiocarbonyl (C=S) groups is 1. The Balaban J connectivity index is 1.90. The molecule has 0 amide bonds. The molecule has 12 heteroatoms. The molecule has 1 N–H and O–H groups in total. The Labute approximate surface area is 196 Å². The van der Waals surface area contributed by atoms with Crippen LogP contribution in [0.15, 0.2) is 47.6 Å². The van der Waals surface area contributed by atoms with Crippen LogP contribution in [0.3, 0.4) is 0 Å². The van der Waals surface area contributed by atoms with Crippen LogP contribution in [0.2, 0.25) is 5.02 Å². The summed E-state index contributed by atoms with van der Waals surface area (Å²) < 4.78 is 81.9. The highest BCUT2D eigenvalue weighted by Gasteiger charge is 2.62. The van der Waals surface area contributed by atoms with Gasteiger partial charge in [-0.3, -0.25) is 0 Å². The van der Waals surface area contributed by atoms with Crippen LogP contribution in [0.4, 0.5) is 26.3 Å². The van der Waals surface area contributed by atoms with Gasteiger partial charge in [0.25, 0.3) is 5.60 Å². The number of benzene rings is 2. The molecule has 4 nitrogen and oxygen atoms in total. The van der Waals surface area contributed by atoms with E-state index in [0.29, 0.717) is 29.4 Å². The van der Waals surface area contributed by atoms with Crippen LogP contribution in [0.25, 0.3) is 0 Å². The minimum Gasteiger partial charge on any atom is -0.374 e. The van der Waals surface area contributed by atoms with E-state index in [1.54, 1.807) is 43.3 Å². The first-order valence-electron chi connectivity index (χ1n) is 9.49. The summed E-state index contributed by atoms with van der Waals surface area (Å²) in [5, 5.41) is 6.44. The first-order valence-corrected chi connectivity index (χ1v) is 10.3. The molecule has 3 rings (SSSR count). The zero-order valence-electron chi connectivity index (χ0n) is 17.3. The average molecular weight is 510 g/mol. The molecule has 0 fully saturated rings. The van der Waals surface area contributed by atoms with Gasteiger partial charge in [0.1, 0.15) is 0 Å². The highest BCUT2D eigenvalue weighted by atomic mass is 35.5. The molecule has 0 spiro atoms. The zero-order valence-corrected chi connectivity index (χ0v) is 18.9. The van der Waals surface area contributed by atoms with Gasteiger partial charge in [-0.05, 0) is 41.5 Å². The van der Waals surface area contributed by atoms with Crippen molar-refractivity contribution in [2.45, 2.75) is 30.9 Å². The van der Waals surface area contributed by atoms with Gasteiger partial charge in [-0.2, -0.15) is 26.3 Å². The molecule has 0 aliphatic carbocycles. The fourth-order valence-corrected chi connectivity index (χ4v) is 3.68. The minimum atomic E-state index is -5.06. The van der Waals surface area contributed by atoms with Gasteiger partial charge < -0.3 is 15.1 Å². The second kappa shape index (κ2) is 9.02. The fourth-order valence-electron chi connectivity index (χ4n) is 3.38. The fraction of sp³-hybridized carbons (Fsp3) is 0.333. The monoisotopic (exact) mass is 509 g/mol. The third kappa shape index (κ3) is 5.19. The molecule has 0 bridgehead atoms. The van der Waals surface area contributed by atoms with E-state index in [9.17, 15) is 26.3 Å². The molecular formula is C21H18ClF6N3OS. The smallest absolute Gasteiger partial charge is 0.374 e. The predicted octanol–water partition coefficient (Wildman–Crippen LogP) is 5.88. The van der Waals surface area contributed by atoms with Gasteiger partial charge in [0.05, 0.1) is 11.3 Å². The molecule has 2 aromatic carbocycles. The average Bonchev–Trinajstić information content (AvgIpc) is 3.19. The van der Waals surface area contributed by atoms with Gasteiger partial charge in [0.2, 0.25) is 0 Å². The van der Waals surface area contributed by atoms with Crippen molar-refractivity contribution in [1.82, 2.24) is 10.2 Å². The van der Waals surface area contributed by atoms with Crippen molar-refractivity contribution in [2.24, 2.45) is 5.16 Å². The predicted molar refractivity (Wildman–Crippen MR) is 116 cm³/mol. The molecule has 1 heterocycles. The quantitative estimate of drug-likeness (QED) is 0.413. The zero-order chi connectivity index (χ0) is 24.6. The highest BCUT2D eigenvalue weighted by Crippen LogP contribution is 2.50. The van der Waals surface area contributed by atoms with Crippen LogP contribution in [-0.2, 0) is 23.2 Å². The van der Waals surface area contributed by atoms with Crippen molar-refractivity contribution in [1.29, 1.82) is 0 Å². The SMILES string of the molecule is CNC(=S)N(C)Cc1ccc(C2=NOC(c3cc(Cl)cc(C(F)(F)F)c3)(C(F)(F)F)C2)cc1. The maximum atomic E-state index is 14.1. The van der Waals surface area contributed by atoms with Gasteiger partial charge in [0, 0.05) is 37.6 Å². The molecule has 0 radical (unpaired) electrons. The number of rotatable bonds is 4. The minimum absolute atomic E-state index is 0.0495. The lowest BCUT2D eigenvalue weighted by molar-refractivity contribution is -0.276. The van der Waals surface area contributed by atoms with Crippen LogP contribution < -0.4 is 5.32 Å². The number of hydrogen-bond donors (Lipinski definition) is 1. The number of nitrogens with zero attached hydrogens (tertiary/aromatic N) is 2. The van der Waals surface area contributed by atoms with Crippen molar-refractivity contribution in [3.63, 3.8) is 0 Å². The molecule has 0 saturated heterocycles. The lowest BCUT2D eigenvalue weighted by atomic mass is 9.85. The molecule has 2 aromatic rings. The highest BCUT2D eigenvalue weighted by molar-refractivity contribution is 7.80. The van der Waals surface area contributed by atoms with E-state index in [1.807, 2.05) is 0 Å². The summed E-state index contributed by atoms with van der Waals surface area (Å²) in [5.41, 5.74) is -4.03. The Hall–Kier alpha value is -2.53. The van der Waals surface area contributed by atoms with Crippen molar-refractivity contribution in [2.75, 3.05) is 14.1 Å². The van der Waals surface area contributed by atoms with Crippen molar-refractivity contribution >= 4 is 34.6 Å². The summed E-state index contributed by atoms with van der Waals surface area (Å²) in [6.45, 7) is 0.456. The number of nitrogens with one attached hydrogen (secondary N) is 1. The van der Waals surface area contributed by atoms with Gasteiger partial charge in [0.15, 0.2) is 5.11 Å². The van der Waals surface area contributed by atoms with E-state index in [1.165, 1.54) is 0 Å². The standard InChI is InChI=1S/C21H18ClF6N3OS/c1-29-18(33)31(2)11-12-3-5-13(6-4-12)17-10-19(32-30-17,21(26,27)28)14-7-15(20(23,24)25)9-16(22)8-14/h3-9H,10-11H2,1-2H3,(H,29,33). The van der Waals surface area contributed by atoms with Crippen LogP contribution in [-0.4, -0.2) is 36.0 Å². The first-order chi connectivity index (χ1) is 15.3. The number of hydrogen-bond acceptors (Lipinski definition) is 3. The molecule has 1 unspecified atom stereocenters. The van der Waals surface area contributed by atoms with Crippen LogP contribution in [0, 0.1) is 0 Å². The maximum absolute atomic E-state index is 14.1. The van der Waals surface area contributed by atoms with Crippen LogP contribution >= 0.6 is 23.8 Å². The number of alkyl halides is 6. The van der Waals surface area contributed by atoms with Crippen molar-refractivity contribution < 1.29 is 31.2 Å². The largest absolute Gasteiger partial charge is 0.435 e. The van der Waals surface area contributed by atoms with E-state index in [-0.39, 0.29) is 5.71 Å². The van der Waals surface area contributed by atoms with Gasteiger partial charge in [-0.1, -0.05) is 41.0 Å². The van der Waals surface area contributed by atoms with E-state index < -0.39 is 40.5 Å². The van der Waals surface area contributed by atoms with Crippen LogP contribution in [0.5, 0.6) is 0 Å². The summed E-state index contributed by atoms with van der Waals surface area (Å²) in [6, 6.07) is 8.29. The number of halogens is 7. The molecule has 1 aliphatic rings. The van der Waals surface area contributed by atoms with Gasteiger partial charge >= 0.3 is 12.4 Å². The molecule has 0 aromatic heterocycles. The van der Waals surface area contributed by atoms with E-state index in [2.05, 4.69) is 10.5 Å². The molecular weight excluding hydrogens is 492 g/mol. The second-order valence-corrected chi connectivity index (χ2v) is 8.29. The third-order valence-electron chi connectivity index (χ3n) is 5.14. The normalized spacial score (nSPS) is 18.5. The topological polar surface area (TPSA) is 36.9 Å². The van der Waals surface area contributed by atoms with Gasteiger partial charge in [-0.15, -0.1) is 0 Å². The summed E-state index contributed by atoms with van der Waals surface area (Å²) in [4.78, 5) is 6.60. The Morgan fingerprint density at radius 3 is 2.33 bits per heavy atom. The summed E-state index contributed by atoms with van der Waals surface area (Å²) in [7, 11) is 3.46. The van der Waals surface area contributed by atoms with Crippen molar-refractivity contribution in [3.8, 4) is 0 Å². The molecule has 1 atom stereocenters. The van der Waals surface area contributed by atoms with Gasteiger partial charge in [-0.25, -0.2) is 0 Å². The Kier molecular flexibility index (Phi) is 6.86. The Morgan fingerprint density at radius 1 is 1.15 bits per heavy atom. The van der Waals surface area contributed by atoms with E-state index in [4.69, 9.17) is 28.7 Å². The summed E-state index contributed by atoms with van der Waals surface area (Å²) in [6.07, 6.45) is -10.7. The third-order valence-corrected chi connectivity index (χ3v) is 5.88. The number of oxime groups is 1. The molecule has 0 saturated carbocycles. The summed E-state index contributed by atoms with van der Waals surface area (Å²) in [5.74, 6) is 0. The first kappa shape index (κ1) is 25.1.